The van der Waals surface area contributed by atoms with Crippen molar-refractivity contribution < 1.29 is 24.0 Å². The standard InChI is InChI=1S/C11H13FN2O5/c1-6(11(15)16)13(2)8-5-10(19-3)9(14(17)18)4-7(8)12/h4-6H,1-3H3,(H,15,16). The molecule has 8 heteroatoms. The number of hydrogen-bond acceptors (Lipinski definition) is 5. The summed E-state index contributed by atoms with van der Waals surface area (Å²) in [6.07, 6.45) is 0. The summed E-state index contributed by atoms with van der Waals surface area (Å²) in [5, 5.41) is 19.6. The molecule has 1 unspecified atom stereocenters. The molecule has 0 heterocycles. The summed E-state index contributed by atoms with van der Waals surface area (Å²) < 4.78 is 18.6. The van der Waals surface area contributed by atoms with Crippen LogP contribution in [-0.2, 0) is 4.79 Å². The molecule has 7 nitrogen and oxygen atoms in total. The molecule has 0 spiro atoms. The van der Waals surface area contributed by atoms with Gasteiger partial charge < -0.3 is 14.7 Å². The number of likely N-dealkylation sites (N-methyl/N-ethyl adjacent to an activating group) is 1. The third-order valence-electron chi connectivity index (χ3n) is 2.76. The van der Waals surface area contributed by atoms with Gasteiger partial charge in [-0.2, -0.15) is 0 Å². The Morgan fingerprint density at radius 3 is 2.58 bits per heavy atom. The lowest BCUT2D eigenvalue weighted by atomic mass is 10.2. The summed E-state index contributed by atoms with van der Waals surface area (Å²) in [5.74, 6) is -2.16. The third-order valence-corrected chi connectivity index (χ3v) is 2.76. The molecular weight excluding hydrogens is 259 g/mol. The van der Waals surface area contributed by atoms with Gasteiger partial charge in [-0.05, 0) is 6.92 Å². The molecular formula is C11H13FN2O5. The van der Waals surface area contributed by atoms with E-state index in [4.69, 9.17) is 9.84 Å². The second-order valence-electron chi connectivity index (χ2n) is 3.86. The number of anilines is 1. The van der Waals surface area contributed by atoms with Crippen molar-refractivity contribution in [2.75, 3.05) is 19.1 Å². The SMILES string of the molecule is COc1cc(N(C)C(C)C(=O)O)c(F)cc1[N+](=O)[O-]. The highest BCUT2D eigenvalue weighted by atomic mass is 19.1. The maximum absolute atomic E-state index is 13.8. The monoisotopic (exact) mass is 272 g/mol. The normalized spacial score (nSPS) is 11.8. The lowest BCUT2D eigenvalue weighted by molar-refractivity contribution is -0.385. The van der Waals surface area contributed by atoms with E-state index >= 15 is 0 Å². The Kier molecular flexibility index (Phi) is 4.26. The molecule has 0 fully saturated rings. The number of methoxy groups -OCH3 is 1. The Bertz CT molecular complexity index is 520. The van der Waals surface area contributed by atoms with E-state index in [1.807, 2.05) is 0 Å². The van der Waals surface area contributed by atoms with Crippen molar-refractivity contribution in [3.8, 4) is 5.75 Å². The van der Waals surface area contributed by atoms with Gasteiger partial charge in [0, 0.05) is 13.1 Å². The summed E-state index contributed by atoms with van der Waals surface area (Å²) in [6, 6.07) is 0.826. The van der Waals surface area contributed by atoms with Gasteiger partial charge in [0.1, 0.15) is 6.04 Å². The van der Waals surface area contributed by atoms with Crippen LogP contribution >= 0.6 is 0 Å². The minimum absolute atomic E-state index is 0.0858. The number of carboxylic acid groups (broad SMARTS) is 1. The van der Waals surface area contributed by atoms with Crippen LogP contribution in [0.5, 0.6) is 5.75 Å². The summed E-state index contributed by atoms with van der Waals surface area (Å²) >= 11 is 0. The van der Waals surface area contributed by atoms with E-state index in [9.17, 15) is 19.3 Å². The molecule has 1 N–H and O–H groups in total. The van der Waals surface area contributed by atoms with E-state index in [-0.39, 0.29) is 11.4 Å². The Labute approximate surface area is 108 Å². The van der Waals surface area contributed by atoms with Crippen molar-refractivity contribution >= 4 is 17.3 Å². The molecule has 1 aromatic carbocycles. The maximum atomic E-state index is 13.8. The Morgan fingerprint density at radius 2 is 2.16 bits per heavy atom. The van der Waals surface area contributed by atoms with Gasteiger partial charge in [0.2, 0.25) is 0 Å². The minimum Gasteiger partial charge on any atom is -0.490 e. The summed E-state index contributed by atoms with van der Waals surface area (Å²) in [5.41, 5.74) is -0.600. The van der Waals surface area contributed by atoms with Crippen molar-refractivity contribution in [1.29, 1.82) is 0 Å². The number of nitro groups is 1. The molecule has 19 heavy (non-hydrogen) atoms. The quantitative estimate of drug-likeness (QED) is 0.647. The van der Waals surface area contributed by atoms with Crippen molar-refractivity contribution in [3.05, 3.63) is 28.1 Å². The highest BCUT2D eigenvalue weighted by Crippen LogP contribution is 2.34. The highest BCUT2D eigenvalue weighted by molar-refractivity contribution is 5.78. The third kappa shape index (κ3) is 2.90. The molecule has 1 rings (SSSR count). The van der Waals surface area contributed by atoms with Gasteiger partial charge in [-0.15, -0.1) is 0 Å². The molecule has 0 bridgehead atoms. The predicted molar refractivity (Wildman–Crippen MR) is 65.1 cm³/mol. The largest absolute Gasteiger partial charge is 0.490 e. The van der Waals surface area contributed by atoms with Crippen molar-refractivity contribution in [2.45, 2.75) is 13.0 Å². The van der Waals surface area contributed by atoms with Gasteiger partial charge in [-0.25, -0.2) is 9.18 Å². The number of hydrogen-bond donors (Lipinski definition) is 1. The van der Waals surface area contributed by atoms with E-state index in [2.05, 4.69) is 0 Å². The number of carbonyl (C=O) groups is 1. The second kappa shape index (κ2) is 5.51. The summed E-state index contributed by atoms with van der Waals surface area (Å²) in [4.78, 5) is 21.9. The zero-order valence-corrected chi connectivity index (χ0v) is 10.6. The van der Waals surface area contributed by atoms with Gasteiger partial charge in [0.25, 0.3) is 0 Å². The first-order valence-corrected chi connectivity index (χ1v) is 5.27. The molecule has 0 amide bonds. The van der Waals surface area contributed by atoms with E-state index in [0.29, 0.717) is 6.07 Å². The summed E-state index contributed by atoms with van der Waals surface area (Å²) in [6.45, 7) is 1.37. The van der Waals surface area contributed by atoms with Crippen LogP contribution in [0.25, 0.3) is 0 Å². The first-order valence-electron chi connectivity index (χ1n) is 5.27. The molecule has 104 valence electrons. The maximum Gasteiger partial charge on any atom is 0.326 e. The van der Waals surface area contributed by atoms with Crippen LogP contribution in [0.15, 0.2) is 12.1 Å². The molecule has 0 aliphatic carbocycles. The van der Waals surface area contributed by atoms with E-state index in [0.717, 1.165) is 11.0 Å². The lowest BCUT2D eigenvalue weighted by Gasteiger charge is -2.24. The number of benzene rings is 1. The fourth-order valence-electron chi connectivity index (χ4n) is 1.48. The molecule has 0 radical (unpaired) electrons. The number of carboxylic acids is 1. The average Bonchev–Trinajstić information content (AvgIpc) is 2.36. The van der Waals surface area contributed by atoms with Gasteiger partial charge in [0.05, 0.1) is 23.8 Å². The van der Waals surface area contributed by atoms with Crippen molar-refractivity contribution in [3.63, 3.8) is 0 Å². The van der Waals surface area contributed by atoms with Crippen LogP contribution < -0.4 is 9.64 Å². The minimum atomic E-state index is -1.14. The Morgan fingerprint density at radius 1 is 1.58 bits per heavy atom. The Hall–Kier alpha value is -2.38. The number of halogens is 1. The van der Waals surface area contributed by atoms with Crippen molar-refractivity contribution in [1.82, 2.24) is 0 Å². The smallest absolute Gasteiger partial charge is 0.326 e. The second-order valence-corrected chi connectivity index (χ2v) is 3.86. The van der Waals surface area contributed by atoms with Crippen LogP contribution in [0.1, 0.15) is 6.92 Å². The fourth-order valence-corrected chi connectivity index (χ4v) is 1.48. The van der Waals surface area contributed by atoms with Gasteiger partial charge in [-0.3, -0.25) is 10.1 Å². The van der Waals surface area contributed by atoms with Gasteiger partial charge >= 0.3 is 11.7 Å². The van der Waals surface area contributed by atoms with E-state index in [1.165, 1.54) is 21.1 Å². The van der Waals surface area contributed by atoms with Crippen molar-refractivity contribution in [2.24, 2.45) is 0 Å². The highest BCUT2D eigenvalue weighted by Gasteiger charge is 2.25. The molecule has 1 atom stereocenters. The van der Waals surface area contributed by atoms with Crippen LogP contribution in [0, 0.1) is 15.9 Å². The average molecular weight is 272 g/mol. The number of nitro benzene ring substituents is 1. The van der Waals surface area contributed by atoms with Crippen LogP contribution in [0.3, 0.4) is 0 Å². The van der Waals surface area contributed by atoms with Crippen LogP contribution in [0.2, 0.25) is 0 Å². The number of nitrogens with zero attached hydrogens (tertiary/aromatic N) is 2. The molecule has 0 saturated carbocycles. The number of rotatable bonds is 5. The molecule has 0 saturated heterocycles. The number of ether oxygens (including phenoxy) is 1. The molecule has 0 aromatic heterocycles. The molecule has 0 aliphatic heterocycles. The molecule has 1 aromatic rings. The zero-order valence-electron chi connectivity index (χ0n) is 10.6. The van der Waals surface area contributed by atoms with Gasteiger partial charge in [0.15, 0.2) is 11.6 Å². The lowest BCUT2D eigenvalue weighted by Crippen LogP contribution is -2.36. The van der Waals surface area contributed by atoms with E-state index in [1.54, 1.807) is 0 Å². The number of aliphatic carboxylic acids is 1. The van der Waals surface area contributed by atoms with Crippen LogP contribution in [0.4, 0.5) is 15.8 Å². The van der Waals surface area contributed by atoms with E-state index < -0.39 is 28.4 Å². The van der Waals surface area contributed by atoms with Gasteiger partial charge in [-0.1, -0.05) is 0 Å². The van der Waals surface area contributed by atoms with Crippen LogP contribution in [-0.4, -0.2) is 36.2 Å². The first kappa shape index (κ1) is 14.7. The summed E-state index contributed by atoms with van der Waals surface area (Å²) in [7, 11) is 2.59. The topological polar surface area (TPSA) is 92.9 Å². The molecule has 0 aliphatic rings. The fraction of sp³-hybridized carbons (Fsp3) is 0.364. The zero-order chi connectivity index (χ0) is 14.7. The first-order chi connectivity index (χ1) is 8.79. The predicted octanol–water partition coefficient (Wildman–Crippen LogP) is 1.65. The Balaban J connectivity index is 3.30.